The smallest absolute Gasteiger partial charge is 0.291 e. The molecular formula is C25H18ClNO4. The molecule has 1 atom stereocenters. The normalized spacial score (nSPS) is 15.4. The van der Waals surface area contributed by atoms with Crippen LogP contribution >= 0.6 is 11.6 Å². The van der Waals surface area contributed by atoms with E-state index in [1.165, 1.54) is 0 Å². The van der Waals surface area contributed by atoms with Crippen molar-refractivity contribution in [2.24, 2.45) is 0 Å². The third-order valence-electron chi connectivity index (χ3n) is 5.57. The van der Waals surface area contributed by atoms with Crippen LogP contribution in [0.15, 0.2) is 82.0 Å². The molecule has 154 valence electrons. The van der Waals surface area contributed by atoms with Gasteiger partial charge in [-0.2, -0.15) is 0 Å². The van der Waals surface area contributed by atoms with Crippen molar-refractivity contribution in [2.75, 3.05) is 7.11 Å². The number of methoxy groups -OCH3 is 1. The third-order valence-corrected chi connectivity index (χ3v) is 5.82. The minimum Gasteiger partial charge on any atom is -0.497 e. The van der Waals surface area contributed by atoms with Gasteiger partial charge in [0.05, 0.1) is 24.1 Å². The van der Waals surface area contributed by atoms with Crippen molar-refractivity contribution < 1.29 is 13.9 Å². The maximum absolute atomic E-state index is 13.4. The lowest BCUT2D eigenvalue weighted by atomic mass is 9.98. The highest BCUT2D eigenvalue weighted by atomic mass is 35.5. The molecule has 0 bridgehead atoms. The highest BCUT2D eigenvalue weighted by Crippen LogP contribution is 2.39. The van der Waals surface area contributed by atoms with Gasteiger partial charge in [0, 0.05) is 11.6 Å². The van der Waals surface area contributed by atoms with Crippen LogP contribution in [-0.2, 0) is 6.54 Å². The summed E-state index contributed by atoms with van der Waals surface area (Å²) in [5, 5.41) is 1.04. The van der Waals surface area contributed by atoms with E-state index < -0.39 is 6.04 Å². The number of para-hydroxylation sites is 1. The number of benzene rings is 3. The zero-order chi connectivity index (χ0) is 21.5. The molecule has 2 heterocycles. The predicted octanol–water partition coefficient (Wildman–Crippen LogP) is 5.20. The van der Waals surface area contributed by atoms with Gasteiger partial charge in [0.15, 0.2) is 5.43 Å². The van der Waals surface area contributed by atoms with Gasteiger partial charge in [-0.1, -0.05) is 48.0 Å². The van der Waals surface area contributed by atoms with Crippen LogP contribution in [0.4, 0.5) is 0 Å². The molecule has 0 radical (unpaired) electrons. The van der Waals surface area contributed by atoms with Gasteiger partial charge in [-0.25, -0.2) is 0 Å². The average Bonchev–Trinajstić information content (AvgIpc) is 3.07. The Morgan fingerprint density at radius 2 is 1.68 bits per heavy atom. The summed E-state index contributed by atoms with van der Waals surface area (Å²) < 4.78 is 11.2. The maximum atomic E-state index is 13.4. The van der Waals surface area contributed by atoms with Gasteiger partial charge in [-0.15, -0.1) is 0 Å². The Balaban J connectivity index is 1.67. The number of halogens is 1. The van der Waals surface area contributed by atoms with E-state index in [1.807, 2.05) is 36.4 Å². The fourth-order valence-corrected chi connectivity index (χ4v) is 4.18. The lowest BCUT2D eigenvalue weighted by molar-refractivity contribution is 0.0714. The fourth-order valence-electron chi connectivity index (χ4n) is 4.05. The lowest BCUT2D eigenvalue weighted by Gasteiger charge is -2.25. The van der Waals surface area contributed by atoms with Crippen LogP contribution in [0.25, 0.3) is 11.0 Å². The van der Waals surface area contributed by atoms with E-state index in [0.29, 0.717) is 28.1 Å². The molecule has 1 aromatic heterocycles. The van der Waals surface area contributed by atoms with Crippen LogP contribution in [0.5, 0.6) is 5.75 Å². The first kappa shape index (κ1) is 19.4. The Hall–Kier alpha value is -3.57. The van der Waals surface area contributed by atoms with Gasteiger partial charge >= 0.3 is 0 Å². The molecule has 31 heavy (non-hydrogen) atoms. The standard InChI is InChI=1S/C25H18ClNO4/c1-30-18-12-6-15(7-13-18)14-27-22(16-8-10-17(26)11-9-16)21-23(28)19-4-2-3-5-20(19)31-24(21)25(27)29/h2-13,22H,14H2,1H3. The molecule has 0 fully saturated rings. The highest BCUT2D eigenvalue weighted by Gasteiger charge is 2.42. The van der Waals surface area contributed by atoms with Gasteiger partial charge in [-0.3, -0.25) is 9.59 Å². The number of ether oxygens (including phenoxy) is 1. The fraction of sp³-hybridized carbons (Fsp3) is 0.120. The summed E-state index contributed by atoms with van der Waals surface area (Å²) in [7, 11) is 1.61. The number of nitrogens with zero attached hydrogens (tertiary/aromatic N) is 1. The van der Waals surface area contributed by atoms with E-state index in [-0.39, 0.29) is 17.1 Å². The number of hydrogen-bond acceptors (Lipinski definition) is 4. The Labute approximate surface area is 183 Å². The van der Waals surface area contributed by atoms with Gasteiger partial charge < -0.3 is 14.1 Å². The molecule has 1 aliphatic heterocycles. The molecule has 0 saturated heterocycles. The second-order valence-electron chi connectivity index (χ2n) is 7.41. The van der Waals surface area contributed by atoms with E-state index in [0.717, 1.165) is 16.9 Å². The number of rotatable bonds is 4. The first-order valence-electron chi connectivity index (χ1n) is 9.82. The molecule has 0 spiro atoms. The van der Waals surface area contributed by atoms with E-state index in [1.54, 1.807) is 48.4 Å². The first-order valence-corrected chi connectivity index (χ1v) is 10.2. The van der Waals surface area contributed by atoms with Crippen molar-refractivity contribution in [3.8, 4) is 5.75 Å². The molecular weight excluding hydrogens is 414 g/mol. The Morgan fingerprint density at radius 3 is 2.39 bits per heavy atom. The molecule has 1 amide bonds. The van der Waals surface area contributed by atoms with Crippen LogP contribution in [0.1, 0.15) is 33.3 Å². The number of fused-ring (bicyclic) bond motifs is 2. The largest absolute Gasteiger partial charge is 0.497 e. The van der Waals surface area contributed by atoms with Crippen molar-refractivity contribution in [1.29, 1.82) is 0 Å². The second-order valence-corrected chi connectivity index (χ2v) is 7.84. The highest BCUT2D eigenvalue weighted by molar-refractivity contribution is 6.30. The van der Waals surface area contributed by atoms with Gasteiger partial charge in [-0.05, 0) is 47.5 Å². The quantitative estimate of drug-likeness (QED) is 0.445. The molecule has 0 aliphatic carbocycles. The number of hydrogen-bond donors (Lipinski definition) is 0. The number of carbonyl (C=O) groups is 1. The summed E-state index contributed by atoms with van der Waals surface area (Å²) in [4.78, 5) is 28.5. The van der Waals surface area contributed by atoms with Crippen molar-refractivity contribution >= 4 is 28.5 Å². The summed E-state index contributed by atoms with van der Waals surface area (Å²) in [6, 6.07) is 21.1. The lowest BCUT2D eigenvalue weighted by Crippen LogP contribution is -2.29. The Kier molecular flexibility index (Phi) is 4.75. The first-order chi connectivity index (χ1) is 15.1. The average molecular weight is 432 g/mol. The summed E-state index contributed by atoms with van der Waals surface area (Å²) in [6.07, 6.45) is 0. The second kappa shape index (κ2) is 7.60. The summed E-state index contributed by atoms with van der Waals surface area (Å²) in [5.74, 6) is 0.517. The van der Waals surface area contributed by atoms with E-state index in [9.17, 15) is 9.59 Å². The molecule has 5 nitrogen and oxygen atoms in total. The van der Waals surface area contributed by atoms with Gasteiger partial charge in [0.1, 0.15) is 11.3 Å². The van der Waals surface area contributed by atoms with Gasteiger partial charge in [0.2, 0.25) is 5.76 Å². The Bertz CT molecular complexity index is 1340. The van der Waals surface area contributed by atoms with Crippen molar-refractivity contribution in [3.63, 3.8) is 0 Å². The van der Waals surface area contributed by atoms with Crippen LogP contribution in [0, 0.1) is 0 Å². The van der Waals surface area contributed by atoms with E-state index >= 15 is 0 Å². The summed E-state index contributed by atoms with van der Waals surface area (Å²) in [6.45, 7) is 0.316. The molecule has 4 aromatic rings. The molecule has 3 aromatic carbocycles. The zero-order valence-electron chi connectivity index (χ0n) is 16.7. The molecule has 0 N–H and O–H groups in total. The topological polar surface area (TPSA) is 59.8 Å². The number of amides is 1. The summed E-state index contributed by atoms with van der Waals surface area (Å²) in [5.41, 5.74) is 2.29. The minimum absolute atomic E-state index is 0.0946. The van der Waals surface area contributed by atoms with Crippen LogP contribution in [0.2, 0.25) is 5.02 Å². The van der Waals surface area contributed by atoms with E-state index in [2.05, 4.69) is 0 Å². The van der Waals surface area contributed by atoms with E-state index in [4.69, 9.17) is 20.8 Å². The van der Waals surface area contributed by atoms with Crippen molar-refractivity contribution in [2.45, 2.75) is 12.6 Å². The van der Waals surface area contributed by atoms with Crippen LogP contribution in [-0.4, -0.2) is 17.9 Å². The molecule has 6 heteroatoms. The van der Waals surface area contributed by atoms with Crippen molar-refractivity contribution in [1.82, 2.24) is 4.90 Å². The zero-order valence-corrected chi connectivity index (χ0v) is 17.4. The Morgan fingerprint density at radius 1 is 0.968 bits per heavy atom. The third kappa shape index (κ3) is 3.27. The molecule has 0 saturated carbocycles. The SMILES string of the molecule is COc1ccc(CN2C(=O)c3oc4ccccc4c(=O)c3C2c2ccc(Cl)cc2)cc1. The maximum Gasteiger partial charge on any atom is 0.291 e. The predicted molar refractivity (Wildman–Crippen MR) is 119 cm³/mol. The molecule has 1 unspecified atom stereocenters. The molecule has 1 aliphatic rings. The number of carbonyl (C=O) groups excluding carboxylic acids is 1. The van der Waals surface area contributed by atoms with Crippen LogP contribution in [0.3, 0.4) is 0 Å². The summed E-state index contributed by atoms with van der Waals surface area (Å²) >= 11 is 6.08. The molecule has 5 rings (SSSR count). The van der Waals surface area contributed by atoms with Gasteiger partial charge in [0.25, 0.3) is 5.91 Å². The van der Waals surface area contributed by atoms with Crippen molar-refractivity contribution in [3.05, 3.63) is 110 Å². The van der Waals surface area contributed by atoms with Crippen LogP contribution < -0.4 is 10.2 Å². The monoisotopic (exact) mass is 431 g/mol. The minimum atomic E-state index is -0.567.